The summed E-state index contributed by atoms with van der Waals surface area (Å²) in [6, 6.07) is 26.8. The first-order valence-electron chi connectivity index (χ1n) is 10.7. The number of hydrogen-bond acceptors (Lipinski definition) is 6. The van der Waals surface area contributed by atoms with Crippen LogP contribution in [0.15, 0.2) is 90.1 Å². The maximum absolute atomic E-state index is 12.9. The Bertz CT molecular complexity index is 1160. The molecule has 0 aliphatic rings. The van der Waals surface area contributed by atoms with Crippen LogP contribution >= 0.6 is 23.4 Å². The van der Waals surface area contributed by atoms with Gasteiger partial charge in [-0.1, -0.05) is 59.8 Å². The zero-order chi connectivity index (χ0) is 23.8. The van der Waals surface area contributed by atoms with Crippen molar-refractivity contribution in [1.82, 2.24) is 20.2 Å². The molecule has 0 atom stereocenters. The highest BCUT2D eigenvalue weighted by Crippen LogP contribution is 2.26. The highest BCUT2D eigenvalue weighted by Gasteiger charge is 2.17. The Balaban J connectivity index is 1.50. The number of anilines is 2. The largest absolute Gasteiger partial charge is 0.383 e. The number of carbonyl (C=O) groups excluding carboxylic acids is 1. The van der Waals surface area contributed by atoms with E-state index in [1.54, 1.807) is 12.1 Å². The van der Waals surface area contributed by atoms with E-state index in [9.17, 15) is 4.79 Å². The lowest BCUT2D eigenvalue weighted by Gasteiger charge is -2.25. The van der Waals surface area contributed by atoms with Gasteiger partial charge in [-0.05, 0) is 48.5 Å². The van der Waals surface area contributed by atoms with Gasteiger partial charge in [0.25, 0.3) is 0 Å². The molecule has 7 nitrogen and oxygen atoms in total. The van der Waals surface area contributed by atoms with Crippen LogP contribution in [-0.4, -0.2) is 40.1 Å². The number of thioether (sulfide) groups is 1. The van der Waals surface area contributed by atoms with Crippen LogP contribution < -0.4 is 10.4 Å². The second kappa shape index (κ2) is 11.7. The molecule has 3 aromatic carbocycles. The van der Waals surface area contributed by atoms with Gasteiger partial charge in [-0.3, -0.25) is 19.8 Å². The quantitative estimate of drug-likeness (QED) is 0.241. The summed E-state index contributed by atoms with van der Waals surface area (Å²) in [5, 5.41) is 11.8. The van der Waals surface area contributed by atoms with E-state index < -0.39 is 0 Å². The standard InChI is InChI=1S/C25H24ClN5O2S/c1-33-17-16-30-24(19-12-14-20(26)15-13-19)27-28-25(30)34-18-23(32)29-31(21-8-4-2-5-9-21)22-10-6-3-7-11-22/h2-15H,16-18H2,1H3,(H,29,32). The molecule has 1 amide bonds. The Labute approximate surface area is 207 Å². The van der Waals surface area contributed by atoms with Crippen LogP contribution in [0.25, 0.3) is 11.4 Å². The monoisotopic (exact) mass is 493 g/mol. The predicted molar refractivity (Wildman–Crippen MR) is 136 cm³/mol. The molecule has 34 heavy (non-hydrogen) atoms. The van der Waals surface area contributed by atoms with E-state index in [0.717, 1.165) is 16.9 Å². The normalized spacial score (nSPS) is 10.8. The van der Waals surface area contributed by atoms with Crippen LogP contribution in [0.5, 0.6) is 0 Å². The van der Waals surface area contributed by atoms with Gasteiger partial charge in [-0.2, -0.15) is 0 Å². The van der Waals surface area contributed by atoms with Gasteiger partial charge in [0, 0.05) is 17.7 Å². The molecule has 0 radical (unpaired) electrons. The first kappa shape index (κ1) is 23.8. The molecule has 0 aliphatic carbocycles. The van der Waals surface area contributed by atoms with E-state index in [0.29, 0.717) is 29.2 Å². The smallest absolute Gasteiger partial charge is 0.249 e. The maximum Gasteiger partial charge on any atom is 0.249 e. The average Bonchev–Trinajstić information content (AvgIpc) is 3.29. The highest BCUT2D eigenvalue weighted by molar-refractivity contribution is 7.99. The summed E-state index contributed by atoms with van der Waals surface area (Å²) in [7, 11) is 1.65. The van der Waals surface area contributed by atoms with Crippen molar-refractivity contribution < 1.29 is 9.53 Å². The Morgan fingerprint density at radius 2 is 1.59 bits per heavy atom. The van der Waals surface area contributed by atoms with Crippen LogP contribution in [0.4, 0.5) is 11.4 Å². The van der Waals surface area contributed by atoms with E-state index in [-0.39, 0.29) is 11.7 Å². The minimum atomic E-state index is -0.160. The Morgan fingerprint density at radius 1 is 0.971 bits per heavy atom. The van der Waals surface area contributed by atoms with Crippen molar-refractivity contribution in [2.45, 2.75) is 11.7 Å². The summed E-state index contributed by atoms with van der Waals surface area (Å²) in [5.74, 6) is 0.709. The lowest BCUT2D eigenvalue weighted by molar-refractivity contribution is -0.118. The van der Waals surface area contributed by atoms with E-state index in [1.165, 1.54) is 11.8 Å². The number of halogens is 1. The lowest BCUT2D eigenvalue weighted by atomic mass is 10.2. The number of benzene rings is 3. The molecule has 0 unspecified atom stereocenters. The third kappa shape index (κ3) is 5.96. The summed E-state index contributed by atoms with van der Waals surface area (Å²) >= 11 is 7.35. The third-order valence-electron chi connectivity index (χ3n) is 4.94. The molecule has 0 bridgehead atoms. The van der Waals surface area contributed by atoms with Crippen molar-refractivity contribution in [3.63, 3.8) is 0 Å². The number of hydrazine groups is 1. The van der Waals surface area contributed by atoms with Crippen LogP contribution in [0.2, 0.25) is 5.02 Å². The first-order chi connectivity index (χ1) is 16.7. The Kier molecular flexibility index (Phi) is 8.19. The summed E-state index contributed by atoms with van der Waals surface area (Å²) in [4.78, 5) is 12.9. The van der Waals surface area contributed by atoms with Crippen LogP contribution in [-0.2, 0) is 16.1 Å². The molecule has 1 heterocycles. The minimum Gasteiger partial charge on any atom is -0.383 e. The number of rotatable bonds is 10. The highest BCUT2D eigenvalue weighted by atomic mass is 35.5. The van der Waals surface area contributed by atoms with Crippen molar-refractivity contribution in [2.24, 2.45) is 0 Å². The van der Waals surface area contributed by atoms with Crippen LogP contribution in [0.1, 0.15) is 0 Å². The topological polar surface area (TPSA) is 72.3 Å². The summed E-state index contributed by atoms with van der Waals surface area (Å²) in [5.41, 5.74) is 5.62. The Hall–Kier alpha value is -3.33. The number of nitrogens with one attached hydrogen (secondary N) is 1. The lowest BCUT2D eigenvalue weighted by Crippen LogP contribution is -2.40. The van der Waals surface area contributed by atoms with Crippen LogP contribution in [0, 0.1) is 0 Å². The van der Waals surface area contributed by atoms with Gasteiger partial charge in [0.1, 0.15) is 0 Å². The second-order valence-corrected chi connectivity index (χ2v) is 8.67. The van der Waals surface area contributed by atoms with Gasteiger partial charge in [0.2, 0.25) is 5.91 Å². The molecule has 9 heteroatoms. The van der Waals surface area contributed by atoms with Crippen molar-refractivity contribution in [3.8, 4) is 11.4 Å². The summed E-state index contributed by atoms with van der Waals surface area (Å²) < 4.78 is 7.22. The van der Waals surface area contributed by atoms with Crippen molar-refractivity contribution in [1.29, 1.82) is 0 Å². The SMILES string of the molecule is COCCn1c(SCC(=O)NN(c2ccccc2)c2ccccc2)nnc1-c1ccc(Cl)cc1. The number of carbonyl (C=O) groups is 1. The van der Waals surface area contributed by atoms with Gasteiger partial charge >= 0.3 is 0 Å². The van der Waals surface area contributed by atoms with Gasteiger partial charge < -0.3 is 4.74 Å². The van der Waals surface area contributed by atoms with Crippen molar-refractivity contribution in [2.75, 3.05) is 24.5 Å². The average molecular weight is 494 g/mol. The predicted octanol–water partition coefficient (Wildman–Crippen LogP) is 5.21. The molecular formula is C25H24ClN5O2S. The van der Waals surface area contributed by atoms with Crippen molar-refractivity contribution >= 4 is 40.6 Å². The maximum atomic E-state index is 12.9. The molecule has 4 rings (SSSR count). The fourth-order valence-electron chi connectivity index (χ4n) is 3.31. The zero-order valence-electron chi connectivity index (χ0n) is 18.6. The number of hydrogen-bond donors (Lipinski definition) is 1. The Morgan fingerprint density at radius 3 is 2.18 bits per heavy atom. The van der Waals surface area contributed by atoms with Crippen LogP contribution in [0.3, 0.4) is 0 Å². The second-order valence-electron chi connectivity index (χ2n) is 7.29. The van der Waals surface area contributed by atoms with Gasteiger partial charge in [0.15, 0.2) is 11.0 Å². The molecule has 1 N–H and O–H groups in total. The molecule has 0 aliphatic heterocycles. The molecule has 4 aromatic rings. The molecule has 174 valence electrons. The van der Waals surface area contributed by atoms with Gasteiger partial charge in [0.05, 0.1) is 30.3 Å². The first-order valence-corrected chi connectivity index (χ1v) is 12.0. The zero-order valence-corrected chi connectivity index (χ0v) is 20.2. The number of amides is 1. The van der Waals surface area contributed by atoms with E-state index >= 15 is 0 Å². The van der Waals surface area contributed by atoms with E-state index in [1.807, 2.05) is 89.5 Å². The molecule has 0 saturated carbocycles. The van der Waals surface area contributed by atoms with E-state index in [4.69, 9.17) is 16.3 Å². The summed E-state index contributed by atoms with van der Waals surface area (Å²) in [6.07, 6.45) is 0. The van der Waals surface area contributed by atoms with Gasteiger partial charge in [-0.15, -0.1) is 10.2 Å². The summed E-state index contributed by atoms with van der Waals surface area (Å²) in [6.45, 7) is 1.06. The molecule has 0 fully saturated rings. The minimum absolute atomic E-state index is 0.160. The number of para-hydroxylation sites is 2. The molecular weight excluding hydrogens is 470 g/mol. The number of ether oxygens (including phenoxy) is 1. The fraction of sp³-hybridized carbons (Fsp3) is 0.160. The number of methoxy groups -OCH3 is 1. The van der Waals surface area contributed by atoms with Gasteiger partial charge in [-0.25, -0.2) is 0 Å². The molecule has 0 spiro atoms. The number of nitrogens with zero attached hydrogens (tertiary/aromatic N) is 4. The van der Waals surface area contributed by atoms with E-state index in [2.05, 4.69) is 15.6 Å². The number of aromatic nitrogens is 3. The van der Waals surface area contributed by atoms with Crippen molar-refractivity contribution in [3.05, 3.63) is 90.0 Å². The molecule has 1 aromatic heterocycles. The molecule has 0 saturated heterocycles. The fourth-order valence-corrected chi connectivity index (χ4v) is 4.19. The third-order valence-corrected chi connectivity index (χ3v) is 6.15.